The molecule has 5 heteroatoms. The second-order valence-corrected chi connectivity index (χ2v) is 6.37. The largest absolute Gasteiger partial charge is 0.493 e. The average molecular weight is 321 g/mol. The highest BCUT2D eigenvalue weighted by Crippen LogP contribution is 2.28. The van der Waals surface area contributed by atoms with E-state index in [2.05, 4.69) is 11.8 Å². The lowest BCUT2D eigenvalue weighted by Crippen LogP contribution is -2.40. The molecule has 0 saturated carbocycles. The normalized spacial score (nSPS) is 17.7. The molecule has 0 aromatic heterocycles. The molecule has 23 heavy (non-hydrogen) atoms. The molecule has 0 unspecified atom stereocenters. The summed E-state index contributed by atoms with van der Waals surface area (Å²) in [5.41, 5.74) is 0.581. The van der Waals surface area contributed by atoms with Crippen LogP contribution in [-0.4, -0.2) is 55.2 Å². The Bertz CT molecular complexity index is 524. The van der Waals surface area contributed by atoms with E-state index in [1.54, 1.807) is 18.2 Å². The molecule has 0 bridgehead atoms. The summed E-state index contributed by atoms with van der Waals surface area (Å²) in [6, 6.07) is 5.08. The van der Waals surface area contributed by atoms with Gasteiger partial charge in [-0.25, -0.2) is 0 Å². The summed E-state index contributed by atoms with van der Waals surface area (Å²) in [4.78, 5) is 13.7. The van der Waals surface area contributed by atoms with E-state index in [1.807, 2.05) is 0 Å². The Hall–Kier alpha value is -1.59. The number of aliphatic hydroxyl groups excluding tert-OH is 1. The first-order valence-corrected chi connectivity index (χ1v) is 8.21. The molecule has 1 aromatic carbocycles. The van der Waals surface area contributed by atoms with E-state index in [9.17, 15) is 9.90 Å². The molecule has 1 saturated heterocycles. The number of β-amino-alcohol motifs (C(OH)–C–C–N with tert-alkyl or cyclic N) is 1. The quantitative estimate of drug-likeness (QED) is 0.781. The van der Waals surface area contributed by atoms with Gasteiger partial charge in [0.05, 0.1) is 7.11 Å². The lowest BCUT2D eigenvalue weighted by atomic mass is 9.99. The van der Waals surface area contributed by atoms with Crippen LogP contribution in [0.1, 0.15) is 37.0 Å². The van der Waals surface area contributed by atoms with Gasteiger partial charge in [-0.05, 0) is 57.0 Å². The van der Waals surface area contributed by atoms with Crippen molar-refractivity contribution in [3.05, 3.63) is 23.8 Å². The topological polar surface area (TPSA) is 59.0 Å². The number of carbonyl (C=O) groups excluding carboxylic acids is 1. The van der Waals surface area contributed by atoms with E-state index >= 15 is 0 Å². The van der Waals surface area contributed by atoms with Crippen LogP contribution in [0.5, 0.6) is 11.5 Å². The van der Waals surface area contributed by atoms with Crippen LogP contribution in [0.4, 0.5) is 0 Å². The summed E-state index contributed by atoms with van der Waals surface area (Å²) < 4.78 is 10.9. The van der Waals surface area contributed by atoms with E-state index in [0.29, 0.717) is 23.6 Å². The predicted octanol–water partition coefficient (Wildman–Crippen LogP) is 2.37. The van der Waals surface area contributed by atoms with Gasteiger partial charge in [0.25, 0.3) is 0 Å². The molecule has 0 amide bonds. The van der Waals surface area contributed by atoms with Crippen LogP contribution in [-0.2, 0) is 0 Å². The lowest BCUT2D eigenvalue weighted by molar-refractivity contribution is 0.0555. The number of Topliss-reactive ketones (excluding diaryl/α,β-unsaturated/α-hetero) is 1. The number of piperidine rings is 1. The minimum Gasteiger partial charge on any atom is -0.493 e. The zero-order valence-corrected chi connectivity index (χ0v) is 14.2. The summed E-state index contributed by atoms with van der Waals surface area (Å²) in [5.74, 6) is 1.82. The van der Waals surface area contributed by atoms with Crippen LogP contribution in [0, 0.1) is 5.92 Å². The number of methoxy groups -OCH3 is 1. The fraction of sp³-hybridized carbons (Fsp3) is 0.611. The third-order valence-electron chi connectivity index (χ3n) is 4.35. The van der Waals surface area contributed by atoms with E-state index in [4.69, 9.17) is 9.47 Å². The molecule has 128 valence electrons. The van der Waals surface area contributed by atoms with Crippen LogP contribution in [0.3, 0.4) is 0 Å². The van der Waals surface area contributed by atoms with E-state index in [-0.39, 0.29) is 12.4 Å². The summed E-state index contributed by atoms with van der Waals surface area (Å²) >= 11 is 0. The smallest absolute Gasteiger partial charge is 0.161 e. The van der Waals surface area contributed by atoms with E-state index in [0.717, 1.165) is 19.0 Å². The minimum atomic E-state index is -0.541. The Morgan fingerprint density at radius 1 is 1.35 bits per heavy atom. The van der Waals surface area contributed by atoms with Crippen LogP contribution in [0.2, 0.25) is 0 Å². The fourth-order valence-corrected chi connectivity index (χ4v) is 2.79. The number of ketones is 1. The second-order valence-electron chi connectivity index (χ2n) is 6.37. The molecule has 5 nitrogen and oxygen atoms in total. The van der Waals surface area contributed by atoms with E-state index in [1.165, 1.54) is 26.9 Å². The standard InChI is InChI=1S/C18H27NO4/c1-13-6-8-19(9-7-13)11-16(21)12-23-17-5-4-15(14(2)20)10-18(17)22-3/h4-5,10,13,16,21H,6-9,11-12H2,1-3H3/t16-/m1/s1. The lowest BCUT2D eigenvalue weighted by Gasteiger charge is -2.31. The number of ether oxygens (including phenoxy) is 2. The molecule has 2 rings (SSSR count). The molecule has 1 N–H and O–H groups in total. The monoisotopic (exact) mass is 321 g/mol. The Balaban J connectivity index is 1.86. The van der Waals surface area contributed by atoms with Crippen molar-refractivity contribution < 1.29 is 19.4 Å². The second kappa shape index (κ2) is 8.31. The number of aliphatic hydroxyl groups is 1. The van der Waals surface area contributed by atoms with Crippen molar-refractivity contribution in [2.24, 2.45) is 5.92 Å². The van der Waals surface area contributed by atoms with Crippen LogP contribution < -0.4 is 9.47 Å². The highest BCUT2D eigenvalue weighted by Gasteiger charge is 2.19. The van der Waals surface area contributed by atoms with Gasteiger partial charge in [0, 0.05) is 12.1 Å². The van der Waals surface area contributed by atoms with Gasteiger partial charge in [-0.1, -0.05) is 6.92 Å². The van der Waals surface area contributed by atoms with Gasteiger partial charge in [0.15, 0.2) is 17.3 Å². The van der Waals surface area contributed by atoms with E-state index < -0.39 is 6.10 Å². The zero-order chi connectivity index (χ0) is 16.8. The number of carbonyl (C=O) groups is 1. The first kappa shape index (κ1) is 17.8. The summed E-state index contributed by atoms with van der Waals surface area (Å²) in [6.45, 7) is 6.69. The molecule has 1 aliphatic heterocycles. The van der Waals surface area contributed by atoms with Gasteiger partial charge >= 0.3 is 0 Å². The summed E-state index contributed by atoms with van der Waals surface area (Å²) in [6.07, 6.45) is 1.84. The number of likely N-dealkylation sites (tertiary alicyclic amines) is 1. The van der Waals surface area contributed by atoms with Gasteiger partial charge in [-0.15, -0.1) is 0 Å². The van der Waals surface area contributed by atoms with Gasteiger partial charge in [0.2, 0.25) is 0 Å². The Kier molecular flexibility index (Phi) is 6.42. The molecule has 1 atom stereocenters. The molecule has 1 fully saturated rings. The van der Waals surface area contributed by atoms with Gasteiger partial charge in [-0.2, -0.15) is 0 Å². The van der Waals surface area contributed by atoms with Crippen molar-refractivity contribution in [3.8, 4) is 11.5 Å². The fourth-order valence-electron chi connectivity index (χ4n) is 2.79. The minimum absolute atomic E-state index is 0.0192. The van der Waals surface area contributed by atoms with Gasteiger partial charge < -0.3 is 19.5 Å². The highest BCUT2D eigenvalue weighted by molar-refractivity contribution is 5.94. The molecular weight excluding hydrogens is 294 g/mol. The Morgan fingerprint density at radius 3 is 2.65 bits per heavy atom. The maximum atomic E-state index is 11.4. The molecule has 0 aliphatic carbocycles. The van der Waals surface area contributed by atoms with Crippen molar-refractivity contribution in [2.75, 3.05) is 33.4 Å². The third-order valence-corrected chi connectivity index (χ3v) is 4.35. The summed E-state index contributed by atoms with van der Waals surface area (Å²) in [5, 5.41) is 10.2. The molecular formula is C18H27NO4. The first-order chi connectivity index (χ1) is 11.0. The first-order valence-electron chi connectivity index (χ1n) is 8.21. The molecule has 1 aliphatic rings. The number of benzene rings is 1. The van der Waals surface area contributed by atoms with Crippen molar-refractivity contribution in [3.63, 3.8) is 0 Å². The van der Waals surface area contributed by atoms with Crippen molar-refractivity contribution in [1.82, 2.24) is 4.90 Å². The zero-order valence-electron chi connectivity index (χ0n) is 14.2. The van der Waals surface area contributed by atoms with Crippen LogP contribution in [0.25, 0.3) is 0 Å². The number of rotatable bonds is 7. The van der Waals surface area contributed by atoms with Gasteiger partial charge in [0.1, 0.15) is 12.7 Å². The highest BCUT2D eigenvalue weighted by atomic mass is 16.5. The molecule has 0 spiro atoms. The maximum Gasteiger partial charge on any atom is 0.161 e. The predicted molar refractivity (Wildman–Crippen MR) is 89.3 cm³/mol. The SMILES string of the molecule is COc1cc(C(C)=O)ccc1OC[C@H](O)CN1CCC(C)CC1. The Morgan fingerprint density at radius 2 is 2.04 bits per heavy atom. The molecule has 1 heterocycles. The van der Waals surface area contributed by atoms with Crippen molar-refractivity contribution >= 4 is 5.78 Å². The number of hydrogen-bond acceptors (Lipinski definition) is 5. The van der Waals surface area contributed by atoms with Crippen molar-refractivity contribution in [2.45, 2.75) is 32.8 Å². The van der Waals surface area contributed by atoms with Crippen molar-refractivity contribution in [1.29, 1.82) is 0 Å². The summed E-state index contributed by atoms with van der Waals surface area (Å²) in [7, 11) is 1.54. The number of nitrogens with zero attached hydrogens (tertiary/aromatic N) is 1. The maximum absolute atomic E-state index is 11.4. The van der Waals surface area contributed by atoms with Crippen LogP contribution in [0.15, 0.2) is 18.2 Å². The average Bonchev–Trinajstić information content (AvgIpc) is 2.54. The van der Waals surface area contributed by atoms with Gasteiger partial charge in [-0.3, -0.25) is 4.79 Å². The molecule has 1 aromatic rings. The Labute approximate surface area is 138 Å². The third kappa shape index (κ3) is 5.22. The molecule has 0 radical (unpaired) electrons. The number of hydrogen-bond donors (Lipinski definition) is 1. The van der Waals surface area contributed by atoms with Crippen LogP contribution >= 0.6 is 0 Å².